The van der Waals surface area contributed by atoms with Gasteiger partial charge in [-0.25, -0.2) is 0 Å². The number of oxime groups is 1. The van der Waals surface area contributed by atoms with Crippen LogP contribution in [0.25, 0.3) is 0 Å². The number of likely N-dealkylation sites (N-methyl/N-ethyl adjacent to an activating group) is 1. The van der Waals surface area contributed by atoms with Crippen LogP contribution >= 0.6 is 0 Å². The third kappa shape index (κ3) is 3.70. The van der Waals surface area contributed by atoms with Gasteiger partial charge in [0.1, 0.15) is 11.8 Å². The number of quaternary nitrogens is 1. The Morgan fingerprint density at radius 2 is 2.10 bits per heavy atom. The zero-order chi connectivity index (χ0) is 20.4. The maximum Gasteiger partial charge on any atom is 0.231 e. The lowest BCUT2D eigenvalue weighted by Gasteiger charge is -2.33. The molecule has 2 atom stereocenters. The van der Waals surface area contributed by atoms with E-state index < -0.39 is 0 Å². The number of fused-ring (bicyclic) bond motifs is 2. The van der Waals surface area contributed by atoms with Gasteiger partial charge in [0.15, 0.2) is 11.5 Å². The van der Waals surface area contributed by atoms with E-state index in [4.69, 9.17) is 18.9 Å². The number of nitrogens with one attached hydrogen (secondary N) is 1. The number of hydrogen-bond acceptors (Lipinski definition) is 6. The fourth-order valence-electron chi connectivity index (χ4n) is 4.30. The number of nitrogens with zero attached hydrogens (tertiary/aromatic N) is 1. The van der Waals surface area contributed by atoms with Gasteiger partial charge in [0.05, 0.1) is 39.1 Å². The molecular weight excluding hydrogens is 372 g/mol. The van der Waals surface area contributed by atoms with Crippen LogP contribution in [0.3, 0.4) is 0 Å². The minimum Gasteiger partial charge on any atom is -0.497 e. The van der Waals surface area contributed by atoms with E-state index in [0.717, 1.165) is 47.1 Å². The number of benzene rings is 2. The quantitative estimate of drug-likeness (QED) is 0.442. The van der Waals surface area contributed by atoms with Gasteiger partial charge >= 0.3 is 0 Å². The highest BCUT2D eigenvalue weighted by atomic mass is 16.7. The van der Waals surface area contributed by atoms with Gasteiger partial charge < -0.3 is 29.1 Å². The molecule has 7 nitrogen and oxygen atoms in total. The van der Waals surface area contributed by atoms with Gasteiger partial charge in [0.25, 0.3) is 0 Å². The average Bonchev–Trinajstić information content (AvgIpc) is 3.21. The van der Waals surface area contributed by atoms with Gasteiger partial charge in [0, 0.05) is 19.3 Å². The van der Waals surface area contributed by atoms with Gasteiger partial charge in [0.2, 0.25) is 12.5 Å². The molecule has 2 aromatic carbocycles. The molecule has 0 radical (unpaired) electrons. The van der Waals surface area contributed by atoms with Gasteiger partial charge in [-0.15, -0.1) is 0 Å². The van der Waals surface area contributed by atoms with E-state index in [0.29, 0.717) is 18.6 Å². The maximum atomic E-state index is 9.73. The van der Waals surface area contributed by atoms with Crippen molar-refractivity contribution in [3.8, 4) is 23.0 Å². The summed E-state index contributed by atoms with van der Waals surface area (Å²) in [5.74, 6) is 2.94. The maximum absolute atomic E-state index is 9.73. The van der Waals surface area contributed by atoms with Crippen LogP contribution in [-0.2, 0) is 12.8 Å². The number of ether oxygens (including phenoxy) is 4. The van der Waals surface area contributed by atoms with Crippen molar-refractivity contribution in [2.24, 2.45) is 5.16 Å². The summed E-state index contributed by atoms with van der Waals surface area (Å²) in [4.78, 5) is 1.35. The smallest absolute Gasteiger partial charge is 0.231 e. The van der Waals surface area contributed by atoms with Gasteiger partial charge in [-0.1, -0.05) is 17.3 Å². The molecule has 2 aromatic rings. The highest BCUT2D eigenvalue weighted by Crippen LogP contribution is 2.47. The third-order valence-corrected chi connectivity index (χ3v) is 5.80. The van der Waals surface area contributed by atoms with E-state index in [1.54, 1.807) is 14.2 Å². The lowest BCUT2D eigenvalue weighted by molar-refractivity contribution is -0.913. The van der Waals surface area contributed by atoms with Crippen LogP contribution in [0.4, 0.5) is 0 Å². The van der Waals surface area contributed by atoms with Gasteiger partial charge in [-0.2, -0.15) is 0 Å². The minimum atomic E-state index is 0.0970. The molecule has 0 aliphatic carbocycles. The molecule has 2 aliphatic heterocycles. The Balaban J connectivity index is 1.65. The largest absolute Gasteiger partial charge is 0.497 e. The van der Waals surface area contributed by atoms with Crippen LogP contribution in [0.5, 0.6) is 23.0 Å². The molecule has 1 unspecified atom stereocenters. The summed E-state index contributed by atoms with van der Waals surface area (Å²) in [6, 6.07) is 9.99. The van der Waals surface area contributed by atoms with Crippen molar-refractivity contribution in [2.75, 3.05) is 34.6 Å². The van der Waals surface area contributed by atoms with Gasteiger partial charge in [-0.05, 0) is 29.3 Å². The molecule has 2 heterocycles. The highest BCUT2D eigenvalue weighted by molar-refractivity contribution is 5.87. The van der Waals surface area contributed by atoms with Crippen LogP contribution < -0.4 is 23.8 Å². The molecule has 154 valence electrons. The second-order valence-electron chi connectivity index (χ2n) is 7.51. The third-order valence-electron chi connectivity index (χ3n) is 5.80. The fraction of sp³-hybridized carbons (Fsp3) is 0.409. The van der Waals surface area contributed by atoms with E-state index in [2.05, 4.69) is 18.3 Å². The fourth-order valence-corrected chi connectivity index (χ4v) is 4.30. The first-order valence-corrected chi connectivity index (χ1v) is 9.79. The van der Waals surface area contributed by atoms with E-state index >= 15 is 0 Å². The van der Waals surface area contributed by atoms with Crippen molar-refractivity contribution in [1.82, 2.24) is 0 Å². The number of hydrogen-bond donors (Lipinski definition) is 2. The Kier molecular flexibility index (Phi) is 5.49. The lowest BCUT2D eigenvalue weighted by atomic mass is 9.87. The summed E-state index contributed by atoms with van der Waals surface area (Å²) in [5, 5.41) is 13.4. The van der Waals surface area contributed by atoms with E-state index in [9.17, 15) is 5.21 Å². The lowest BCUT2D eigenvalue weighted by Crippen LogP contribution is -3.10. The normalized spacial score (nSPS) is 20.3. The standard InChI is InChI=1S/C22H26N2O5/c1-24-8-7-15-11-19-21(29-13-28-19)22(27-3)20(15)18(24)12-16(23-25)9-14-5-4-6-17(10-14)26-2/h4-6,10-11,18,25H,7-9,12-13H2,1-3H3/p+1/b23-16-/t18-/m0/s1. The molecule has 29 heavy (non-hydrogen) atoms. The summed E-state index contributed by atoms with van der Waals surface area (Å²) in [7, 11) is 5.47. The summed E-state index contributed by atoms with van der Waals surface area (Å²) in [6.07, 6.45) is 2.11. The molecule has 0 fully saturated rings. The Morgan fingerprint density at radius 1 is 1.24 bits per heavy atom. The predicted molar refractivity (Wildman–Crippen MR) is 108 cm³/mol. The van der Waals surface area contributed by atoms with Gasteiger partial charge in [-0.3, -0.25) is 0 Å². The van der Waals surface area contributed by atoms with Crippen molar-refractivity contribution in [3.63, 3.8) is 0 Å². The second-order valence-corrected chi connectivity index (χ2v) is 7.51. The molecular formula is C22H27N2O5+. The van der Waals surface area contributed by atoms with E-state index in [1.807, 2.05) is 24.3 Å². The molecule has 4 rings (SSSR count). The molecule has 0 amide bonds. The average molecular weight is 399 g/mol. The van der Waals surface area contributed by atoms with Crippen molar-refractivity contribution in [2.45, 2.75) is 25.3 Å². The van der Waals surface area contributed by atoms with Crippen molar-refractivity contribution < 1.29 is 29.1 Å². The van der Waals surface area contributed by atoms with Crippen LogP contribution in [0, 0.1) is 0 Å². The van der Waals surface area contributed by atoms with Crippen LogP contribution in [0.1, 0.15) is 29.2 Å². The first-order valence-electron chi connectivity index (χ1n) is 9.79. The highest BCUT2D eigenvalue weighted by Gasteiger charge is 2.37. The first kappa shape index (κ1) is 19.4. The van der Waals surface area contributed by atoms with Crippen molar-refractivity contribution in [1.29, 1.82) is 0 Å². The predicted octanol–water partition coefficient (Wildman–Crippen LogP) is 2.01. The molecule has 0 aromatic heterocycles. The molecule has 0 saturated carbocycles. The van der Waals surface area contributed by atoms with Crippen LogP contribution in [0.2, 0.25) is 0 Å². The Labute approximate surface area is 170 Å². The summed E-state index contributed by atoms with van der Waals surface area (Å²) in [6.45, 7) is 1.19. The zero-order valence-corrected chi connectivity index (χ0v) is 17.0. The minimum absolute atomic E-state index is 0.0970. The number of rotatable bonds is 6. The Hall–Kier alpha value is -2.93. The number of methoxy groups -OCH3 is 2. The summed E-state index contributed by atoms with van der Waals surface area (Å²) >= 11 is 0. The van der Waals surface area contributed by atoms with Crippen LogP contribution in [-0.4, -0.2) is 45.5 Å². The van der Waals surface area contributed by atoms with Crippen molar-refractivity contribution >= 4 is 5.71 Å². The molecule has 2 aliphatic rings. The molecule has 0 spiro atoms. The monoisotopic (exact) mass is 399 g/mol. The Morgan fingerprint density at radius 3 is 2.86 bits per heavy atom. The van der Waals surface area contributed by atoms with E-state index in [1.165, 1.54) is 10.5 Å². The topological polar surface area (TPSA) is 74.0 Å². The Bertz CT molecular complexity index is 928. The molecule has 2 N–H and O–H groups in total. The first-order chi connectivity index (χ1) is 14.1. The van der Waals surface area contributed by atoms with Crippen molar-refractivity contribution in [3.05, 3.63) is 47.0 Å². The molecule has 7 heteroatoms. The zero-order valence-electron chi connectivity index (χ0n) is 17.0. The second kappa shape index (κ2) is 8.21. The summed E-state index contributed by atoms with van der Waals surface area (Å²) in [5.41, 5.74) is 4.09. The molecule has 0 saturated heterocycles. The van der Waals surface area contributed by atoms with Crippen LogP contribution in [0.15, 0.2) is 35.5 Å². The SMILES string of the molecule is COc1cccc(C/C(C[C@H]2c3c(cc4c(c3OC)OCO4)CC[NH+]2C)=N/O)c1. The van der Waals surface area contributed by atoms with E-state index in [-0.39, 0.29) is 12.8 Å². The summed E-state index contributed by atoms with van der Waals surface area (Å²) < 4.78 is 22.3. The molecule has 0 bridgehead atoms.